The van der Waals surface area contributed by atoms with Crippen LogP contribution in [0.2, 0.25) is 9.36 Å². The van der Waals surface area contributed by atoms with Crippen molar-refractivity contribution in [1.82, 2.24) is 9.29 Å². The smallest absolute Gasteiger partial charge is 0.252 e. The molecule has 21 heavy (non-hydrogen) atoms. The van der Waals surface area contributed by atoms with Crippen molar-refractivity contribution < 1.29 is 13.2 Å². The van der Waals surface area contributed by atoms with Crippen LogP contribution >= 0.6 is 34.5 Å². The van der Waals surface area contributed by atoms with Crippen molar-refractivity contribution in [1.29, 1.82) is 0 Å². The predicted octanol–water partition coefficient (Wildman–Crippen LogP) is 2.90. The zero-order valence-electron chi connectivity index (χ0n) is 10.6. The number of hydrogen-bond donors (Lipinski definition) is 0. The average Bonchev–Trinajstić information content (AvgIpc) is 2.83. The highest BCUT2D eigenvalue weighted by Gasteiger charge is 2.39. The predicted molar refractivity (Wildman–Crippen MR) is 81.8 cm³/mol. The van der Waals surface area contributed by atoms with Gasteiger partial charge in [-0.1, -0.05) is 23.2 Å². The molecule has 9 heteroatoms. The zero-order chi connectivity index (χ0) is 15.0. The second-order valence-corrected chi connectivity index (χ2v) is 8.75. The maximum atomic E-state index is 12.3. The normalized spacial score (nSPS) is 16.7. The van der Waals surface area contributed by atoms with E-state index in [1.54, 1.807) is 18.2 Å². The molecule has 3 heterocycles. The molecule has 1 aliphatic rings. The highest BCUT2D eigenvalue weighted by Crippen LogP contribution is 2.31. The van der Waals surface area contributed by atoms with Crippen LogP contribution in [0.5, 0.6) is 5.88 Å². The molecule has 0 amide bonds. The van der Waals surface area contributed by atoms with Crippen LogP contribution in [0.4, 0.5) is 0 Å². The summed E-state index contributed by atoms with van der Waals surface area (Å²) in [5.74, 6) is 0.431. The standard InChI is InChI=1S/C12H10Cl2N2O3S2/c13-8-1-3-11(15-5-8)19-9-6-16(7-9)21(17,18)12-4-2-10(14)20-12/h1-5,9H,6-7H2. The van der Waals surface area contributed by atoms with Crippen LogP contribution in [0, 0.1) is 0 Å². The largest absolute Gasteiger partial charge is 0.472 e. The molecule has 0 aromatic carbocycles. The van der Waals surface area contributed by atoms with Gasteiger partial charge in [-0.15, -0.1) is 11.3 Å². The fourth-order valence-electron chi connectivity index (χ4n) is 1.84. The van der Waals surface area contributed by atoms with Gasteiger partial charge in [0.25, 0.3) is 10.0 Å². The maximum Gasteiger partial charge on any atom is 0.252 e. The highest BCUT2D eigenvalue weighted by molar-refractivity contribution is 7.91. The topological polar surface area (TPSA) is 59.5 Å². The Morgan fingerprint density at radius 3 is 2.57 bits per heavy atom. The van der Waals surface area contributed by atoms with E-state index in [-0.39, 0.29) is 10.3 Å². The van der Waals surface area contributed by atoms with E-state index < -0.39 is 10.0 Å². The van der Waals surface area contributed by atoms with Crippen molar-refractivity contribution >= 4 is 44.6 Å². The molecule has 1 aliphatic heterocycles. The molecule has 5 nitrogen and oxygen atoms in total. The van der Waals surface area contributed by atoms with Gasteiger partial charge in [0, 0.05) is 12.3 Å². The van der Waals surface area contributed by atoms with E-state index in [0.717, 1.165) is 11.3 Å². The van der Waals surface area contributed by atoms with E-state index in [0.29, 0.717) is 28.3 Å². The Kier molecular flexibility index (Phi) is 4.11. The van der Waals surface area contributed by atoms with Crippen LogP contribution in [0.15, 0.2) is 34.7 Å². The molecule has 112 valence electrons. The minimum Gasteiger partial charge on any atom is -0.472 e. The Morgan fingerprint density at radius 2 is 2.00 bits per heavy atom. The van der Waals surface area contributed by atoms with Gasteiger partial charge in [0.15, 0.2) is 0 Å². The van der Waals surface area contributed by atoms with E-state index >= 15 is 0 Å². The Bertz CT molecular complexity index is 740. The lowest BCUT2D eigenvalue weighted by Gasteiger charge is -2.37. The summed E-state index contributed by atoms with van der Waals surface area (Å²) in [6, 6.07) is 6.41. The first kappa shape index (κ1) is 15.1. The Balaban J connectivity index is 1.61. The minimum atomic E-state index is -3.47. The molecule has 0 aliphatic carbocycles. The van der Waals surface area contributed by atoms with Crippen LogP contribution in [-0.4, -0.2) is 36.9 Å². The number of aromatic nitrogens is 1. The van der Waals surface area contributed by atoms with Crippen molar-refractivity contribution in [3.63, 3.8) is 0 Å². The lowest BCUT2D eigenvalue weighted by atomic mass is 10.2. The maximum absolute atomic E-state index is 12.3. The van der Waals surface area contributed by atoms with Crippen LogP contribution in [-0.2, 0) is 10.0 Å². The first-order valence-electron chi connectivity index (χ1n) is 5.99. The van der Waals surface area contributed by atoms with Crippen LogP contribution in [0.3, 0.4) is 0 Å². The van der Waals surface area contributed by atoms with Gasteiger partial charge in [0.1, 0.15) is 10.3 Å². The first-order chi connectivity index (χ1) is 9.95. The number of halogens is 2. The highest BCUT2D eigenvalue weighted by atomic mass is 35.5. The first-order valence-corrected chi connectivity index (χ1v) is 9.00. The van der Waals surface area contributed by atoms with Crippen molar-refractivity contribution in [3.8, 4) is 5.88 Å². The van der Waals surface area contributed by atoms with Gasteiger partial charge in [0.2, 0.25) is 5.88 Å². The molecule has 1 fully saturated rings. The summed E-state index contributed by atoms with van der Waals surface area (Å²) < 4.78 is 32.1. The van der Waals surface area contributed by atoms with Gasteiger partial charge in [-0.2, -0.15) is 4.31 Å². The number of rotatable bonds is 4. The van der Waals surface area contributed by atoms with E-state index in [9.17, 15) is 8.42 Å². The number of nitrogens with zero attached hydrogens (tertiary/aromatic N) is 2. The second kappa shape index (κ2) is 5.73. The SMILES string of the molecule is O=S(=O)(c1ccc(Cl)s1)N1CC(Oc2ccc(Cl)cn2)C1. The molecular weight excluding hydrogens is 355 g/mol. The lowest BCUT2D eigenvalue weighted by molar-refractivity contribution is 0.0722. The summed E-state index contributed by atoms with van der Waals surface area (Å²) in [5.41, 5.74) is 0. The number of pyridine rings is 1. The Morgan fingerprint density at radius 1 is 1.24 bits per heavy atom. The Labute approximate surface area is 136 Å². The summed E-state index contributed by atoms with van der Waals surface area (Å²) in [5, 5.41) is 0.523. The van der Waals surface area contributed by atoms with Gasteiger partial charge in [-0.05, 0) is 18.2 Å². The fraction of sp³-hybridized carbons (Fsp3) is 0.250. The van der Waals surface area contributed by atoms with E-state index in [4.69, 9.17) is 27.9 Å². The lowest BCUT2D eigenvalue weighted by Crippen LogP contribution is -2.55. The molecule has 1 saturated heterocycles. The molecule has 0 radical (unpaired) electrons. The van der Waals surface area contributed by atoms with Gasteiger partial charge in [-0.3, -0.25) is 0 Å². The summed E-state index contributed by atoms with van der Waals surface area (Å²) in [4.78, 5) is 4.01. The molecule has 2 aromatic rings. The quantitative estimate of drug-likeness (QED) is 0.836. The minimum absolute atomic E-state index is 0.205. The summed E-state index contributed by atoms with van der Waals surface area (Å²) in [7, 11) is -3.47. The monoisotopic (exact) mass is 364 g/mol. The number of thiophene rings is 1. The summed E-state index contributed by atoms with van der Waals surface area (Å²) in [6.07, 6.45) is 1.28. The van der Waals surface area contributed by atoms with E-state index in [1.807, 2.05) is 0 Å². The average molecular weight is 365 g/mol. The molecule has 0 atom stereocenters. The van der Waals surface area contributed by atoms with Crippen molar-refractivity contribution in [2.24, 2.45) is 0 Å². The molecule has 0 N–H and O–H groups in total. The molecule has 2 aromatic heterocycles. The molecule has 0 bridgehead atoms. The fourth-order valence-corrected chi connectivity index (χ4v) is 5.09. The van der Waals surface area contributed by atoms with Crippen molar-refractivity contribution in [2.75, 3.05) is 13.1 Å². The van der Waals surface area contributed by atoms with Crippen LogP contribution in [0.25, 0.3) is 0 Å². The van der Waals surface area contributed by atoms with Crippen molar-refractivity contribution in [2.45, 2.75) is 10.3 Å². The van der Waals surface area contributed by atoms with Crippen LogP contribution in [0.1, 0.15) is 0 Å². The zero-order valence-corrected chi connectivity index (χ0v) is 13.7. The van der Waals surface area contributed by atoms with Crippen LogP contribution < -0.4 is 4.74 Å². The van der Waals surface area contributed by atoms with Crippen molar-refractivity contribution in [3.05, 3.63) is 39.8 Å². The number of hydrogen-bond acceptors (Lipinski definition) is 5. The van der Waals surface area contributed by atoms with Gasteiger partial charge in [0.05, 0.1) is 22.4 Å². The molecule has 0 unspecified atom stereocenters. The summed E-state index contributed by atoms with van der Waals surface area (Å²) >= 11 is 12.6. The number of sulfonamides is 1. The molecular formula is C12H10Cl2N2O3S2. The molecule has 0 spiro atoms. The third kappa shape index (κ3) is 3.17. The van der Waals surface area contributed by atoms with Gasteiger partial charge >= 0.3 is 0 Å². The van der Waals surface area contributed by atoms with E-state index in [2.05, 4.69) is 4.98 Å². The van der Waals surface area contributed by atoms with Gasteiger partial charge < -0.3 is 4.74 Å². The second-order valence-electron chi connectivity index (χ2n) is 4.44. The van der Waals surface area contributed by atoms with E-state index in [1.165, 1.54) is 16.6 Å². The molecule has 3 rings (SSSR count). The third-order valence-corrected chi connectivity index (χ3v) is 6.70. The number of ether oxygens (including phenoxy) is 1. The Hall–Kier alpha value is -0.860. The van der Waals surface area contributed by atoms with Gasteiger partial charge in [-0.25, -0.2) is 13.4 Å². The third-order valence-electron chi connectivity index (χ3n) is 2.94. The summed E-state index contributed by atoms with van der Waals surface area (Å²) in [6.45, 7) is 0.588. The molecule has 0 saturated carbocycles.